The van der Waals surface area contributed by atoms with E-state index in [2.05, 4.69) is 50.2 Å². The first-order valence-corrected chi connectivity index (χ1v) is 8.52. The zero-order chi connectivity index (χ0) is 15.5. The maximum absolute atomic E-state index is 5.69. The molecule has 8 heteroatoms. The Balaban J connectivity index is 1.69. The Morgan fingerprint density at radius 1 is 1.18 bits per heavy atom. The molecule has 0 aliphatic rings. The summed E-state index contributed by atoms with van der Waals surface area (Å²) < 4.78 is 8.72. The molecule has 0 amide bonds. The third-order valence-electron chi connectivity index (χ3n) is 2.98. The van der Waals surface area contributed by atoms with Crippen molar-refractivity contribution in [3.8, 4) is 11.5 Å². The zero-order valence-electron chi connectivity index (χ0n) is 12.1. The smallest absolute Gasteiger partial charge is 0.247 e. The molecule has 0 bridgehead atoms. The van der Waals surface area contributed by atoms with Crippen LogP contribution in [0.4, 0.5) is 0 Å². The monoisotopic (exact) mass is 379 g/mol. The van der Waals surface area contributed by atoms with E-state index in [-0.39, 0.29) is 0 Å². The van der Waals surface area contributed by atoms with Crippen molar-refractivity contribution in [2.45, 2.75) is 30.8 Å². The summed E-state index contributed by atoms with van der Waals surface area (Å²) in [5, 5.41) is 17.1. The van der Waals surface area contributed by atoms with E-state index in [1.54, 1.807) is 6.33 Å². The Morgan fingerprint density at radius 2 is 1.95 bits per heavy atom. The highest BCUT2D eigenvalue weighted by molar-refractivity contribution is 9.10. The lowest BCUT2D eigenvalue weighted by molar-refractivity contribution is 0.526. The van der Waals surface area contributed by atoms with Crippen LogP contribution in [0.25, 0.3) is 11.5 Å². The fourth-order valence-electron chi connectivity index (χ4n) is 1.84. The van der Waals surface area contributed by atoms with Crippen LogP contribution < -0.4 is 0 Å². The van der Waals surface area contributed by atoms with Gasteiger partial charge in [0.2, 0.25) is 11.8 Å². The number of aromatic nitrogens is 5. The SMILES string of the molecule is CC(C)n1cnnc1SCc1nnc(-c2ccc(Br)cc2)o1. The number of nitrogens with zero attached hydrogens (tertiary/aromatic N) is 5. The van der Waals surface area contributed by atoms with Crippen molar-refractivity contribution in [2.75, 3.05) is 0 Å². The van der Waals surface area contributed by atoms with Crippen LogP contribution in [0.3, 0.4) is 0 Å². The first kappa shape index (κ1) is 15.2. The summed E-state index contributed by atoms with van der Waals surface area (Å²) >= 11 is 4.94. The van der Waals surface area contributed by atoms with Gasteiger partial charge in [-0.25, -0.2) is 0 Å². The molecule has 0 atom stereocenters. The molecule has 3 aromatic rings. The van der Waals surface area contributed by atoms with Crippen LogP contribution in [-0.4, -0.2) is 25.0 Å². The molecule has 0 saturated carbocycles. The Bertz CT molecular complexity index is 753. The first-order valence-electron chi connectivity index (χ1n) is 6.74. The van der Waals surface area contributed by atoms with Crippen molar-refractivity contribution in [1.82, 2.24) is 25.0 Å². The molecule has 0 N–H and O–H groups in total. The highest BCUT2D eigenvalue weighted by Crippen LogP contribution is 2.25. The predicted octanol–water partition coefficient (Wildman–Crippen LogP) is 3.96. The highest BCUT2D eigenvalue weighted by Gasteiger charge is 2.12. The molecule has 0 saturated heterocycles. The van der Waals surface area contributed by atoms with Gasteiger partial charge in [0.1, 0.15) is 6.33 Å². The van der Waals surface area contributed by atoms with Gasteiger partial charge in [0.05, 0.1) is 5.75 Å². The third-order valence-corrected chi connectivity index (χ3v) is 4.45. The van der Waals surface area contributed by atoms with Crippen LogP contribution in [0.15, 0.2) is 44.6 Å². The molecule has 2 heterocycles. The molecule has 0 aliphatic heterocycles. The Labute approximate surface area is 140 Å². The molecule has 1 aromatic carbocycles. The van der Waals surface area contributed by atoms with Crippen LogP contribution in [0.2, 0.25) is 0 Å². The van der Waals surface area contributed by atoms with E-state index < -0.39 is 0 Å². The average Bonchev–Trinajstić information content (AvgIpc) is 3.15. The van der Waals surface area contributed by atoms with Gasteiger partial charge in [0, 0.05) is 16.1 Å². The molecule has 6 nitrogen and oxygen atoms in total. The van der Waals surface area contributed by atoms with Gasteiger partial charge in [0.15, 0.2) is 5.16 Å². The van der Waals surface area contributed by atoms with Crippen LogP contribution in [0, 0.1) is 0 Å². The van der Waals surface area contributed by atoms with E-state index >= 15 is 0 Å². The van der Waals surface area contributed by atoms with E-state index in [1.165, 1.54) is 11.8 Å². The molecular formula is C14H14BrN5OS. The molecule has 0 aliphatic carbocycles. The third kappa shape index (κ3) is 3.38. The summed E-state index contributed by atoms with van der Waals surface area (Å²) in [6.07, 6.45) is 1.73. The lowest BCUT2D eigenvalue weighted by Gasteiger charge is -2.08. The van der Waals surface area contributed by atoms with E-state index in [0.717, 1.165) is 15.2 Å². The molecule has 0 fully saturated rings. The summed E-state index contributed by atoms with van der Waals surface area (Å²) in [5.41, 5.74) is 0.900. The Hall–Kier alpha value is -1.67. The molecule has 114 valence electrons. The average molecular weight is 380 g/mol. The second-order valence-electron chi connectivity index (χ2n) is 4.91. The van der Waals surface area contributed by atoms with Gasteiger partial charge in [-0.1, -0.05) is 27.7 Å². The van der Waals surface area contributed by atoms with Crippen molar-refractivity contribution in [1.29, 1.82) is 0 Å². The number of benzene rings is 1. The maximum Gasteiger partial charge on any atom is 0.247 e. The van der Waals surface area contributed by atoms with Crippen LogP contribution in [0.1, 0.15) is 25.8 Å². The lowest BCUT2D eigenvalue weighted by atomic mass is 10.2. The second-order valence-corrected chi connectivity index (χ2v) is 6.77. The molecule has 0 unspecified atom stereocenters. The van der Waals surface area contributed by atoms with Crippen molar-refractivity contribution in [2.24, 2.45) is 0 Å². The van der Waals surface area contributed by atoms with Crippen molar-refractivity contribution < 1.29 is 4.42 Å². The minimum atomic E-state index is 0.318. The summed E-state index contributed by atoms with van der Waals surface area (Å²) in [4.78, 5) is 0. The molecular weight excluding hydrogens is 366 g/mol. The molecule has 2 aromatic heterocycles. The lowest BCUT2D eigenvalue weighted by Crippen LogP contribution is -2.00. The van der Waals surface area contributed by atoms with Crippen LogP contribution in [-0.2, 0) is 5.75 Å². The van der Waals surface area contributed by atoms with Crippen LogP contribution in [0.5, 0.6) is 0 Å². The molecule has 0 spiro atoms. The van der Waals surface area contributed by atoms with Gasteiger partial charge in [-0.2, -0.15) is 0 Å². The van der Waals surface area contributed by atoms with Gasteiger partial charge >= 0.3 is 0 Å². The van der Waals surface area contributed by atoms with Gasteiger partial charge in [0.25, 0.3) is 0 Å². The van der Waals surface area contributed by atoms with Crippen molar-refractivity contribution in [3.05, 3.63) is 41.0 Å². The van der Waals surface area contributed by atoms with Crippen LogP contribution >= 0.6 is 27.7 Å². The number of hydrogen-bond acceptors (Lipinski definition) is 6. The first-order chi connectivity index (χ1) is 10.6. The van der Waals surface area contributed by atoms with Crippen molar-refractivity contribution in [3.63, 3.8) is 0 Å². The van der Waals surface area contributed by atoms with E-state index in [1.807, 2.05) is 28.8 Å². The van der Waals surface area contributed by atoms with Gasteiger partial charge < -0.3 is 8.98 Å². The molecule has 3 rings (SSSR count). The standard InChI is InChI=1S/C14H14BrN5OS/c1-9(2)20-8-16-19-14(20)22-7-12-17-18-13(21-12)10-3-5-11(15)6-4-10/h3-6,8-9H,7H2,1-2H3. The van der Waals surface area contributed by atoms with E-state index in [9.17, 15) is 0 Å². The molecule has 22 heavy (non-hydrogen) atoms. The number of rotatable bonds is 5. The zero-order valence-corrected chi connectivity index (χ0v) is 14.5. The fourth-order valence-corrected chi connectivity index (χ4v) is 2.98. The number of hydrogen-bond donors (Lipinski definition) is 0. The summed E-state index contributed by atoms with van der Waals surface area (Å²) in [7, 11) is 0. The summed E-state index contributed by atoms with van der Waals surface area (Å²) in [6, 6.07) is 8.07. The quantitative estimate of drug-likeness (QED) is 0.624. The van der Waals surface area contributed by atoms with Gasteiger partial charge in [-0.15, -0.1) is 20.4 Å². The minimum absolute atomic E-state index is 0.318. The van der Waals surface area contributed by atoms with Gasteiger partial charge in [-0.3, -0.25) is 0 Å². The van der Waals surface area contributed by atoms with E-state index in [0.29, 0.717) is 23.6 Å². The summed E-state index contributed by atoms with van der Waals surface area (Å²) in [6.45, 7) is 4.18. The number of halogens is 1. The fraction of sp³-hybridized carbons (Fsp3) is 0.286. The Morgan fingerprint density at radius 3 is 2.68 bits per heavy atom. The van der Waals surface area contributed by atoms with E-state index in [4.69, 9.17) is 4.42 Å². The highest BCUT2D eigenvalue weighted by atomic mass is 79.9. The normalized spacial score (nSPS) is 11.3. The van der Waals surface area contributed by atoms with Gasteiger partial charge in [-0.05, 0) is 38.1 Å². The minimum Gasteiger partial charge on any atom is -0.420 e. The predicted molar refractivity (Wildman–Crippen MR) is 87.4 cm³/mol. The second kappa shape index (κ2) is 6.62. The van der Waals surface area contributed by atoms with Crippen molar-refractivity contribution >= 4 is 27.7 Å². The Kier molecular flexibility index (Phi) is 4.58. The topological polar surface area (TPSA) is 69.6 Å². The molecule has 0 radical (unpaired) electrons. The largest absolute Gasteiger partial charge is 0.420 e. The summed E-state index contributed by atoms with van der Waals surface area (Å²) in [5.74, 6) is 1.66. The maximum atomic E-state index is 5.69. The number of thioether (sulfide) groups is 1.